The maximum atomic E-state index is 2.88. The van der Waals surface area contributed by atoms with E-state index in [2.05, 4.69) is 28.7 Å². The molecule has 2 saturated carbocycles. The fraction of sp³-hybridized carbons (Fsp3) is 1.00. The van der Waals surface area contributed by atoms with Crippen LogP contribution in [0.4, 0.5) is 0 Å². The third-order valence-electron chi connectivity index (χ3n) is 9.14. The highest BCUT2D eigenvalue weighted by molar-refractivity contribution is 5.05. The van der Waals surface area contributed by atoms with Crippen molar-refractivity contribution in [1.29, 1.82) is 0 Å². The Kier molecular flexibility index (Phi) is 4.65. The van der Waals surface area contributed by atoms with Gasteiger partial charge in [0.1, 0.15) is 0 Å². The van der Waals surface area contributed by atoms with Gasteiger partial charge in [-0.2, -0.15) is 0 Å². The minimum absolute atomic E-state index is 0.718. The van der Waals surface area contributed by atoms with Crippen LogP contribution >= 0.6 is 0 Å². The first kappa shape index (κ1) is 17.9. The molecule has 2 aliphatic carbocycles. The van der Waals surface area contributed by atoms with Crippen molar-refractivity contribution >= 4 is 0 Å². The Morgan fingerprint density at radius 1 is 0.692 bits per heavy atom. The molecular weight excluding hydrogens is 318 g/mol. The van der Waals surface area contributed by atoms with Crippen LogP contribution in [0.5, 0.6) is 0 Å². The summed E-state index contributed by atoms with van der Waals surface area (Å²) in [5.41, 5.74) is 1.47. The predicted octanol–water partition coefficient (Wildman–Crippen LogP) is 3.84. The fourth-order valence-corrected chi connectivity index (χ4v) is 7.17. The van der Waals surface area contributed by atoms with Crippen molar-refractivity contribution in [1.82, 2.24) is 14.7 Å². The lowest BCUT2D eigenvalue weighted by molar-refractivity contribution is -0.108. The second-order valence-corrected chi connectivity index (χ2v) is 11.3. The molecule has 3 nitrogen and oxygen atoms in total. The molecule has 5 aliphatic rings. The molecule has 26 heavy (non-hydrogen) atoms. The van der Waals surface area contributed by atoms with Gasteiger partial charge in [0.25, 0.3) is 0 Å². The summed E-state index contributed by atoms with van der Waals surface area (Å²) < 4.78 is 0. The number of nitrogens with zero attached hydrogens (tertiary/aromatic N) is 3. The molecular formula is C23H41N3. The maximum absolute atomic E-state index is 2.88. The zero-order valence-electron chi connectivity index (χ0n) is 17.4. The van der Waals surface area contributed by atoms with Crippen LogP contribution in [0.25, 0.3) is 0 Å². The Morgan fingerprint density at radius 2 is 1.23 bits per heavy atom. The van der Waals surface area contributed by atoms with Gasteiger partial charge < -0.3 is 4.90 Å². The van der Waals surface area contributed by atoms with Gasteiger partial charge in [-0.25, -0.2) is 0 Å². The van der Waals surface area contributed by atoms with E-state index in [1.165, 1.54) is 103 Å². The smallest absolute Gasteiger partial charge is 0.0224 e. The summed E-state index contributed by atoms with van der Waals surface area (Å²) in [5.74, 6) is 0.995. The molecule has 0 amide bonds. The van der Waals surface area contributed by atoms with Gasteiger partial charge in [0.05, 0.1) is 0 Å². The Morgan fingerprint density at radius 3 is 1.81 bits per heavy atom. The van der Waals surface area contributed by atoms with E-state index in [-0.39, 0.29) is 0 Å². The molecule has 0 bridgehead atoms. The zero-order valence-corrected chi connectivity index (χ0v) is 17.4. The van der Waals surface area contributed by atoms with Gasteiger partial charge in [-0.05, 0) is 81.7 Å². The van der Waals surface area contributed by atoms with E-state index in [0.717, 1.165) is 28.8 Å². The van der Waals surface area contributed by atoms with Crippen molar-refractivity contribution in [2.24, 2.45) is 16.7 Å². The first-order valence-electron chi connectivity index (χ1n) is 11.7. The number of piperidine rings is 1. The number of likely N-dealkylation sites (tertiary alicyclic amines) is 3. The van der Waals surface area contributed by atoms with E-state index in [9.17, 15) is 0 Å². The second kappa shape index (κ2) is 6.74. The van der Waals surface area contributed by atoms with Gasteiger partial charge in [0, 0.05) is 44.8 Å². The van der Waals surface area contributed by atoms with E-state index in [0.29, 0.717) is 0 Å². The van der Waals surface area contributed by atoms with Crippen molar-refractivity contribution in [3.05, 3.63) is 0 Å². The van der Waals surface area contributed by atoms with Gasteiger partial charge in [0.15, 0.2) is 0 Å². The number of hydrogen-bond donors (Lipinski definition) is 0. The number of rotatable bonds is 2. The maximum Gasteiger partial charge on any atom is 0.0224 e. The Bertz CT molecular complexity index is 486. The summed E-state index contributed by atoms with van der Waals surface area (Å²) in [5, 5.41) is 0. The topological polar surface area (TPSA) is 9.72 Å². The number of hydrogen-bond acceptors (Lipinski definition) is 3. The van der Waals surface area contributed by atoms with Crippen molar-refractivity contribution < 1.29 is 0 Å². The van der Waals surface area contributed by atoms with Gasteiger partial charge >= 0.3 is 0 Å². The summed E-state index contributed by atoms with van der Waals surface area (Å²) in [7, 11) is 2.31. The van der Waals surface area contributed by atoms with Crippen LogP contribution in [-0.4, -0.2) is 73.1 Å². The number of likely N-dealkylation sites (N-methyl/N-ethyl adjacent to an activating group) is 1. The molecule has 2 spiro atoms. The molecule has 3 aliphatic heterocycles. The molecule has 3 saturated heterocycles. The quantitative estimate of drug-likeness (QED) is 0.742. The Labute approximate surface area is 161 Å². The molecule has 0 aromatic carbocycles. The fourth-order valence-electron chi connectivity index (χ4n) is 7.17. The summed E-state index contributed by atoms with van der Waals surface area (Å²) >= 11 is 0. The van der Waals surface area contributed by atoms with Crippen LogP contribution in [0.15, 0.2) is 0 Å². The summed E-state index contributed by atoms with van der Waals surface area (Å²) in [6.07, 6.45) is 14.9. The van der Waals surface area contributed by atoms with Crippen molar-refractivity contribution in [3.8, 4) is 0 Å². The minimum Gasteiger partial charge on any atom is -0.305 e. The lowest BCUT2D eigenvalue weighted by Gasteiger charge is -2.60. The molecule has 1 unspecified atom stereocenters. The van der Waals surface area contributed by atoms with Crippen LogP contribution in [0.3, 0.4) is 0 Å². The molecule has 0 aromatic rings. The van der Waals surface area contributed by atoms with Crippen LogP contribution in [0.2, 0.25) is 0 Å². The molecule has 0 radical (unpaired) electrons. The highest BCUT2D eigenvalue weighted by Gasteiger charge is 2.51. The van der Waals surface area contributed by atoms with Crippen LogP contribution in [0.1, 0.15) is 71.1 Å². The van der Waals surface area contributed by atoms with E-state index < -0.39 is 0 Å². The lowest BCUT2D eigenvalue weighted by atomic mass is 9.63. The normalized spacial score (nSPS) is 39.0. The van der Waals surface area contributed by atoms with E-state index in [1.54, 1.807) is 0 Å². The molecule has 148 valence electrons. The third-order valence-corrected chi connectivity index (χ3v) is 9.14. The van der Waals surface area contributed by atoms with E-state index in [1.807, 2.05) is 0 Å². The molecule has 0 N–H and O–H groups in total. The summed E-state index contributed by atoms with van der Waals surface area (Å²) in [4.78, 5) is 8.26. The highest BCUT2D eigenvalue weighted by atomic mass is 15.3. The zero-order chi connectivity index (χ0) is 17.8. The molecule has 0 aromatic heterocycles. The average molecular weight is 360 g/mol. The first-order chi connectivity index (χ1) is 12.5. The monoisotopic (exact) mass is 359 g/mol. The van der Waals surface area contributed by atoms with Crippen LogP contribution in [-0.2, 0) is 0 Å². The van der Waals surface area contributed by atoms with Gasteiger partial charge in [0.2, 0.25) is 0 Å². The van der Waals surface area contributed by atoms with Crippen LogP contribution in [0, 0.1) is 16.7 Å². The van der Waals surface area contributed by atoms with E-state index in [4.69, 9.17) is 0 Å². The minimum atomic E-state index is 0.718. The van der Waals surface area contributed by atoms with E-state index >= 15 is 0 Å². The molecule has 3 heterocycles. The van der Waals surface area contributed by atoms with Gasteiger partial charge in [-0.1, -0.05) is 19.8 Å². The second-order valence-electron chi connectivity index (χ2n) is 11.3. The van der Waals surface area contributed by atoms with Gasteiger partial charge in [-0.15, -0.1) is 0 Å². The molecule has 5 rings (SSSR count). The van der Waals surface area contributed by atoms with Gasteiger partial charge in [-0.3, -0.25) is 9.80 Å². The standard InChI is InChI=1S/C23H41N3/c1-19-5-9-22(10-6-19)15-25(16-22)20-7-11-23(12-8-20)17-26(18-23)21-4-3-13-24(2)14-21/h19-21H,3-18H2,1-2H3. The van der Waals surface area contributed by atoms with Crippen molar-refractivity contribution in [3.63, 3.8) is 0 Å². The van der Waals surface area contributed by atoms with Crippen LogP contribution < -0.4 is 0 Å². The molecule has 1 atom stereocenters. The lowest BCUT2D eigenvalue weighted by Crippen LogP contribution is -2.65. The summed E-state index contributed by atoms with van der Waals surface area (Å²) in [6.45, 7) is 10.8. The first-order valence-corrected chi connectivity index (χ1v) is 11.7. The summed E-state index contributed by atoms with van der Waals surface area (Å²) in [6, 6.07) is 1.79. The third kappa shape index (κ3) is 3.26. The molecule has 5 fully saturated rings. The Balaban J connectivity index is 1.06. The predicted molar refractivity (Wildman–Crippen MR) is 108 cm³/mol. The SMILES string of the molecule is CC1CCC2(CC1)CN(C1CCC3(CC1)CN(C1CCCN(C)C1)C3)C2. The largest absolute Gasteiger partial charge is 0.305 e. The van der Waals surface area contributed by atoms with Crippen molar-refractivity contribution in [2.45, 2.75) is 83.2 Å². The highest BCUT2D eigenvalue weighted by Crippen LogP contribution is 2.50. The molecule has 3 heteroatoms. The Hall–Kier alpha value is -0.120. The average Bonchev–Trinajstić information content (AvgIpc) is 2.59. The van der Waals surface area contributed by atoms with Crippen molar-refractivity contribution in [2.75, 3.05) is 46.3 Å².